The van der Waals surface area contributed by atoms with Crippen molar-refractivity contribution >= 4 is 17.2 Å². The maximum atomic E-state index is 12.4. The van der Waals surface area contributed by atoms with Crippen molar-refractivity contribution in [3.8, 4) is 11.5 Å². The standard InChI is InChI=1S/C16H16N6OS/c23-16(13-2-1-9-24-13)22-7-3-11(4-8-22)14-19-15(21-20-14)12-10-17-5-6-18-12/h1-2,5-6,9-11H,3-4,7-8H2,(H,19,20,21). The summed E-state index contributed by atoms with van der Waals surface area (Å²) in [5.41, 5.74) is 0.658. The van der Waals surface area contributed by atoms with Gasteiger partial charge in [-0.1, -0.05) is 6.07 Å². The molecule has 1 aliphatic rings. The molecule has 4 rings (SSSR count). The number of likely N-dealkylation sites (tertiary alicyclic amines) is 1. The van der Waals surface area contributed by atoms with Crippen LogP contribution in [0, 0.1) is 0 Å². The number of carbonyl (C=O) groups is 1. The normalized spacial score (nSPS) is 15.6. The summed E-state index contributed by atoms with van der Waals surface area (Å²) >= 11 is 1.49. The van der Waals surface area contributed by atoms with E-state index in [1.54, 1.807) is 18.6 Å². The quantitative estimate of drug-likeness (QED) is 0.791. The molecule has 0 spiro atoms. The summed E-state index contributed by atoms with van der Waals surface area (Å²) in [4.78, 5) is 27.9. The molecule has 4 heterocycles. The lowest BCUT2D eigenvalue weighted by atomic mass is 9.96. The third-order valence-corrected chi connectivity index (χ3v) is 5.05. The van der Waals surface area contributed by atoms with Crippen LogP contribution in [0.1, 0.15) is 34.3 Å². The molecule has 1 fully saturated rings. The number of nitrogens with zero attached hydrogens (tertiary/aromatic N) is 5. The Balaban J connectivity index is 1.41. The van der Waals surface area contributed by atoms with E-state index in [0.29, 0.717) is 11.5 Å². The molecular weight excluding hydrogens is 324 g/mol. The van der Waals surface area contributed by atoms with Gasteiger partial charge in [0.15, 0.2) is 0 Å². The molecule has 0 aliphatic carbocycles. The number of carbonyl (C=O) groups excluding carboxylic acids is 1. The molecule has 1 N–H and O–H groups in total. The van der Waals surface area contributed by atoms with Crippen molar-refractivity contribution in [1.29, 1.82) is 0 Å². The van der Waals surface area contributed by atoms with E-state index >= 15 is 0 Å². The molecule has 0 atom stereocenters. The van der Waals surface area contributed by atoms with Crippen LogP contribution in [0.5, 0.6) is 0 Å². The van der Waals surface area contributed by atoms with Crippen molar-refractivity contribution in [3.05, 3.63) is 46.8 Å². The van der Waals surface area contributed by atoms with Crippen LogP contribution in [0.2, 0.25) is 0 Å². The van der Waals surface area contributed by atoms with Gasteiger partial charge in [-0.15, -0.1) is 11.3 Å². The van der Waals surface area contributed by atoms with Gasteiger partial charge < -0.3 is 4.90 Å². The number of aromatic nitrogens is 5. The molecule has 3 aromatic heterocycles. The lowest BCUT2D eigenvalue weighted by Gasteiger charge is -2.30. The topological polar surface area (TPSA) is 87.7 Å². The van der Waals surface area contributed by atoms with E-state index in [2.05, 4.69) is 25.1 Å². The predicted octanol–water partition coefficient (Wildman–Crippen LogP) is 2.34. The molecule has 1 saturated heterocycles. The van der Waals surface area contributed by atoms with Gasteiger partial charge in [0.05, 0.1) is 11.1 Å². The molecule has 1 aliphatic heterocycles. The Morgan fingerprint density at radius 3 is 2.88 bits per heavy atom. The first kappa shape index (κ1) is 14.9. The van der Waals surface area contributed by atoms with E-state index in [1.807, 2.05) is 22.4 Å². The number of aromatic amines is 1. The summed E-state index contributed by atoms with van der Waals surface area (Å²) < 4.78 is 0. The van der Waals surface area contributed by atoms with Crippen LogP contribution >= 0.6 is 11.3 Å². The van der Waals surface area contributed by atoms with Crippen LogP contribution in [0.3, 0.4) is 0 Å². The number of hydrogen-bond acceptors (Lipinski definition) is 6. The molecule has 0 aromatic carbocycles. The van der Waals surface area contributed by atoms with Gasteiger partial charge in [-0.2, -0.15) is 5.10 Å². The molecule has 1 amide bonds. The Morgan fingerprint density at radius 2 is 2.17 bits per heavy atom. The molecular formula is C16H16N6OS. The zero-order chi connectivity index (χ0) is 16.4. The fraction of sp³-hybridized carbons (Fsp3) is 0.312. The number of nitrogens with one attached hydrogen (secondary N) is 1. The highest BCUT2D eigenvalue weighted by atomic mass is 32.1. The first-order valence-corrected chi connectivity index (χ1v) is 8.70. The smallest absolute Gasteiger partial charge is 0.263 e. The number of thiophene rings is 1. The Morgan fingerprint density at radius 1 is 1.29 bits per heavy atom. The zero-order valence-electron chi connectivity index (χ0n) is 12.9. The fourth-order valence-corrected chi connectivity index (χ4v) is 3.59. The van der Waals surface area contributed by atoms with Crippen LogP contribution in [0.4, 0.5) is 0 Å². The fourth-order valence-electron chi connectivity index (χ4n) is 2.90. The van der Waals surface area contributed by atoms with Crippen molar-refractivity contribution < 1.29 is 4.79 Å². The van der Waals surface area contributed by atoms with Gasteiger partial charge in [0.1, 0.15) is 11.5 Å². The maximum absolute atomic E-state index is 12.4. The monoisotopic (exact) mass is 340 g/mol. The zero-order valence-corrected chi connectivity index (χ0v) is 13.7. The van der Waals surface area contributed by atoms with E-state index in [4.69, 9.17) is 0 Å². The van der Waals surface area contributed by atoms with Crippen LogP contribution in [-0.4, -0.2) is 49.0 Å². The summed E-state index contributed by atoms with van der Waals surface area (Å²) in [6.45, 7) is 1.48. The summed E-state index contributed by atoms with van der Waals surface area (Å²) in [6.07, 6.45) is 6.66. The summed E-state index contributed by atoms with van der Waals surface area (Å²) in [6, 6.07) is 3.79. The van der Waals surface area contributed by atoms with Gasteiger partial charge >= 0.3 is 0 Å². The third kappa shape index (κ3) is 2.92. The number of H-pyrrole nitrogens is 1. The highest BCUT2D eigenvalue weighted by Crippen LogP contribution is 2.27. The Hall–Kier alpha value is -2.61. The van der Waals surface area contributed by atoms with E-state index in [9.17, 15) is 4.79 Å². The van der Waals surface area contributed by atoms with E-state index in [-0.39, 0.29) is 11.8 Å². The van der Waals surface area contributed by atoms with E-state index in [1.165, 1.54) is 11.3 Å². The second-order valence-corrected chi connectivity index (χ2v) is 6.63. The lowest BCUT2D eigenvalue weighted by Crippen LogP contribution is -2.37. The van der Waals surface area contributed by atoms with Crippen LogP contribution in [-0.2, 0) is 0 Å². The molecule has 122 valence electrons. The summed E-state index contributed by atoms with van der Waals surface area (Å²) in [5.74, 6) is 1.84. The average Bonchev–Trinajstić information content (AvgIpc) is 3.34. The lowest BCUT2D eigenvalue weighted by molar-refractivity contribution is 0.0716. The van der Waals surface area contributed by atoms with Crippen molar-refractivity contribution in [1.82, 2.24) is 30.0 Å². The third-order valence-electron chi connectivity index (χ3n) is 4.20. The highest BCUT2D eigenvalue weighted by molar-refractivity contribution is 7.12. The SMILES string of the molecule is O=C(c1cccs1)N1CCC(c2nc(-c3cnccn3)n[nH]2)CC1. The molecule has 24 heavy (non-hydrogen) atoms. The van der Waals surface area contributed by atoms with E-state index in [0.717, 1.165) is 36.6 Å². The highest BCUT2D eigenvalue weighted by Gasteiger charge is 2.27. The summed E-state index contributed by atoms with van der Waals surface area (Å²) in [5, 5.41) is 9.19. The van der Waals surface area contributed by atoms with Crippen molar-refractivity contribution in [2.24, 2.45) is 0 Å². The Labute approximate surface area is 142 Å². The maximum Gasteiger partial charge on any atom is 0.263 e. The van der Waals surface area contributed by atoms with Gasteiger partial charge in [-0.25, -0.2) is 9.97 Å². The van der Waals surface area contributed by atoms with Crippen molar-refractivity contribution in [2.75, 3.05) is 13.1 Å². The molecule has 0 saturated carbocycles. The Kier molecular flexibility index (Phi) is 4.04. The minimum atomic E-state index is 0.126. The van der Waals surface area contributed by atoms with Gasteiger partial charge in [-0.3, -0.25) is 14.9 Å². The second-order valence-electron chi connectivity index (χ2n) is 5.68. The van der Waals surface area contributed by atoms with Crippen molar-refractivity contribution in [3.63, 3.8) is 0 Å². The number of amides is 1. The average molecular weight is 340 g/mol. The van der Waals surface area contributed by atoms with Crippen molar-refractivity contribution in [2.45, 2.75) is 18.8 Å². The van der Waals surface area contributed by atoms with Crippen LogP contribution in [0.15, 0.2) is 36.1 Å². The van der Waals surface area contributed by atoms with Crippen LogP contribution < -0.4 is 0 Å². The Bertz CT molecular complexity index is 808. The second kappa shape index (κ2) is 6.48. The molecule has 0 bridgehead atoms. The molecule has 0 radical (unpaired) electrons. The van der Waals surface area contributed by atoms with Gasteiger partial charge in [-0.05, 0) is 24.3 Å². The molecule has 7 nitrogen and oxygen atoms in total. The first-order chi connectivity index (χ1) is 11.8. The first-order valence-electron chi connectivity index (χ1n) is 7.83. The van der Waals surface area contributed by atoms with Crippen LogP contribution in [0.25, 0.3) is 11.5 Å². The minimum Gasteiger partial charge on any atom is -0.338 e. The van der Waals surface area contributed by atoms with Gasteiger partial charge in [0, 0.05) is 31.4 Å². The number of hydrogen-bond donors (Lipinski definition) is 1. The largest absolute Gasteiger partial charge is 0.338 e. The van der Waals surface area contributed by atoms with E-state index < -0.39 is 0 Å². The summed E-state index contributed by atoms with van der Waals surface area (Å²) in [7, 11) is 0. The predicted molar refractivity (Wildman–Crippen MR) is 89.6 cm³/mol. The number of piperidine rings is 1. The molecule has 8 heteroatoms. The minimum absolute atomic E-state index is 0.126. The molecule has 0 unspecified atom stereocenters. The number of rotatable bonds is 3. The molecule has 3 aromatic rings. The van der Waals surface area contributed by atoms with Gasteiger partial charge in [0.2, 0.25) is 5.82 Å². The van der Waals surface area contributed by atoms with Gasteiger partial charge in [0.25, 0.3) is 5.91 Å².